The second-order valence-corrected chi connectivity index (χ2v) is 7.02. The molecule has 2 aromatic carbocycles. The molecule has 0 unspecified atom stereocenters. The Kier molecular flexibility index (Phi) is 5.57. The Balaban J connectivity index is 1.64. The molecule has 0 bridgehead atoms. The minimum absolute atomic E-state index is 0.0123. The van der Waals surface area contributed by atoms with E-state index in [2.05, 4.69) is 37.2 Å². The molecular weight excluding hydrogens is 488 g/mol. The standard InChI is InChI=1S/C17H10Br2N2O6/c18-11-6-10(21(24)25)7-12(19)16(11)20-15(22)8-26-17(23)14-5-9-3-1-2-4-13(9)27-14/h1-7H,8H2,(H,20,22). The summed E-state index contributed by atoms with van der Waals surface area (Å²) in [5.74, 6) is -1.40. The Hall–Kier alpha value is -2.72. The minimum Gasteiger partial charge on any atom is -0.450 e. The first kappa shape index (κ1) is 19.1. The number of fused-ring (bicyclic) bond motifs is 1. The lowest BCUT2D eigenvalue weighted by Crippen LogP contribution is -2.21. The van der Waals surface area contributed by atoms with Crippen molar-refractivity contribution >= 4 is 66.1 Å². The normalized spacial score (nSPS) is 10.6. The fraction of sp³-hybridized carbons (Fsp3) is 0.0588. The molecule has 8 nitrogen and oxygen atoms in total. The highest BCUT2D eigenvalue weighted by Gasteiger charge is 2.18. The van der Waals surface area contributed by atoms with E-state index in [1.165, 1.54) is 18.2 Å². The smallest absolute Gasteiger partial charge is 0.374 e. The summed E-state index contributed by atoms with van der Waals surface area (Å²) < 4.78 is 10.9. The number of non-ortho nitro benzene ring substituents is 1. The lowest BCUT2D eigenvalue weighted by atomic mass is 10.2. The molecule has 0 atom stereocenters. The number of hydrogen-bond acceptors (Lipinski definition) is 6. The zero-order valence-corrected chi connectivity index (χ0v) is 16.6. The third-order valence-electron chi connectivity index (χ3n) is 3.46. The maximum absolute atomic E-state index is 12.0. The van der Waals surface area contributed by atoms with Gasteiger partial charge < -0.3 is 14.5 Å². The molecule has 0 spiro atoms. The van der Waals surface area contributed by atoms with E-state index in [1.54, 1.807) is 24.3 Å². The second-order valence-electron chi connectivity index (χ2n) is 5.31. The van der Waals surface area contributed by atoms with Crippen molar-refractivity contribution in [3.8, 4) is 0 Å². The van der Waals surface area contributed by atoms with Gasteiger partial charge in [-0.1, -0.05) is 18.2 Å². The number of furan rings is 1. The maximum Gasteiger partial charge on any atom is 0.374 e. The zero-order valence-electron chi connectivity index (χ0n) is 13.4. The van der Waals surface area contributed by atoms with Crippen LogP contribution in [0.3, 0.4) is 0 Å². The van der Waals surface area contributed by atoms with Crippen LogP contribution in [0.4, 0.5) is 11.4 Å². The molecule has 0 saturated heterocycles. The van der Waals surface area contributed by atoms with Crippen molar-refractivity contribution in [2.75, 3.05) is 11.9 Å². The molecule has 10 heteroatoms. The fourth-order valence-corrected chi connectivity index (χ4v) is 3.61. The van der Waals surface area contributed by atoms with E-state index in [0.717, 1.165) is 5.39 Å². The van der Waals surface area contributed by atoms with Crippen molar-refractivity contribution in [1.29, 1.82) is 0 Å². The number of nitro groups is 1. The summed E-state index contributed by atoms with van der Waals surface area (Å²) >= 11 is 6.32. The molecule has 0 fully saturated rings. The van der Waals surface area contributed by atoms with Crippen LogP contribution in [0.15, 0.2) is 55.8 Å². The van der Waals surface area contributed by atoms with Crippen LogP contribution in [0.1, 0.15) is 10.6 Å². The predicted octanol–water partition coefficient (Wildman–Crippen LogP) is 4.66. The number of nitro benzene ring substituents is 1. The zero-order chi connectivity index (χ0) is 19.6. The lowest BCUT2D eigenvalue weighted by Gasteiger charge is -2.09. The summed E-state index contributed by atoms with van der Waals surface area (Å²) in [6, 6.07) is 11.1. The summed E-state index contributed by atoms with van der Waals surface area (Å²) in [7, 11) is 0. The summed E-state index contributed by atoms with van der Waals surface area (Å²) in [6.45, 7) is -0.550. The van der Waals surface area contributed by atoms with Crippen LogP contribution in [-0.2, 0) is 9.53 Å². The Bertz CT molecular complexity index is 1010. The monoisotopic (exact) mass is 496 g/mol. The summed E-state index contributed by atoms with van der Waals surface area (Å²) in [5, 5.41) is 14.1. The predicted molar refractivity (Wildman–Crippen MR) is 104 cm³/mol. The highest BCUT2D eigenvalue weighted by molar-refractivity contribution is 9.11. The molecule has 1 amide bonds. The molecule has 0 aliphatic heterocycles. The van der Waals surface area contributed by atoms with Gasteiger partial charge in [0.15, 0.2) is 6.61 Å². The van der Waals surface area contributed by atoms with Gasteiger partial charge >= 0.3 is 5.97 Å². The van der Waals surface area contributed by atoms with Gasteiger partial charge in [-0.15, -0.1) is 0 Å². The lowest BCUT2D eigenvalue weighted by molar-refractivity contribution is -0.385. The van der Waals surface area contributed by atoms with Crippen molar-refractivity contribution < 1.29 is 23.7 Å². The number of rotatable bonds is 5. The van der Waals surface area contributed by atoms with Crippen LogP contribution < -0.4 is 5.32 Å². The largest absolute Gasteiger partial charge is 0.450 e. The van der Waals surface area contributed by atoms with Crippen LogP contribution >= 0.6 is 31.9 Å². The SMILES string of the molecule is O=C(COC(=O)c1cc2ccccc2o1)Nc1c(Br)cc([N+](=O)[O-])cc1Br. The molecule has 138 valence electrons. The van der Waals surface area contributed by atoms with Gasteiger partial charge in [-0.25, -0.2) is 4.79 Å². The summed E-state index contributed by atoms with van der Waals surface area (Å²) in [4.78, 5) is 34.4. The second kappa shape index (κ2) is 7.89. The van der Waals surface area contributed by atoms with E-state index < -0.39 is 23.4 Å². The van der Waals surface area contributed by atoms with Crippen molar-refractivity contribution in [3.63, 3.8) is 0 Å². The van der Waals surface area contributed by atoms with Crippen LogP contribution in [0.2, 0.25) is 0 Å². The molecule has 27 heavy (non-hydrogen) atoms. The number of benzene rings is 2. The molecule has 0 radical (unpaired) electrons. The van der Waals surface area contributed by atoms with E-state index in [-0.39, 0.29) is 17.1 Å². The Labute approximate surface area is 168 Å². The summed E-state index contributed by atoms with van der Waals surface area (Å²) in [6.07, 6.45) is 0. The van der Waals surface area contributed by atoms with Gasteiger partial charge in [0.2, 0.25) is 5.76 Å². The summed E-state index contributed by atoms with van der Waals surface area (Å²) in [5.41, 5.74) is 0.668. The van der Waals surface area contributed by atoms with Crippen molar-refractivity contribution in [3.05, 3.63) is 67.3 Å². The molecule has 0 aliphatic rings. The van der Waals surface area contributed by atoms with Crippen LogP contribution in [0.5, 0.6) is 0 Å². The third-order valence-corrected chi connectivity index (χ3v) is 4.71. The topological polar surface area (TPSA) is 112 Å². The fourth-order valence-electron chi connectivity index (χ4n) is 2.24. The van der Waals surface area contributed by atoms with Gasteiger partial charge in [-0.05, 0) is 44.0 Å². The number of nitrogens with zero attached hydrogens (tertiary/aromatic N) is 1. The average molecular weight is 498 g/mol. The van der Waals surface area contributed by atoms with E-state index >= 15 is 0 Å². The number of nitrogens with one attached hydrogen (secondary N) is 1. The number of carbonyl (C=O) groups is 2. The molecule has 0 aliphatic carbocycles. The van der Waals surface area contributed by atoms with Gasteiger partial charge in [0.1, 0.15) is 5.58 Å². The van der Waals surface area contributed by atoms with Crippen molar-refractivity contribution in [2.24, 2.45) is 0 Å². The van der Waals surface area contributed by atoms with Gasteiger partial charge in [-0.3, -0.25) is 14.9 Å². The number of ether oxygens (including phenoxy) is 1. The number of hydrogen-bond donors (Lipinski definition) is 1. The molecule has 0 saturated carbocycles. The molecule has 1 N–H and O–H groups in total. The number of amides is 1. The van der Waals surface area contributed by atoms with Gasteiger partial charge in [0.25, 0.3) is 11.6 Å². The van der Waals surface area contributed by atoms with Gasteiger partial charge in [-0.2, -0.15) is 0 Å². The number of carbonyl (C=O) groups excluding carboxylic acids is 2. The first-order chi connectivity index (χ1) is 12.8. The third kappa shape index (κ3) is 4.34. The number of esters is 1. The van der Waals surface area contributed by atoms with E-state index in [1.807, 2.05) is 0 Å². The molecule has 1 heterocycles. The first-order valence-corrected chi connectivity index (χ1v) is 9.02. The van der Waals surface area contributed by atoms with E-state index in [0.29, 0.717) is 14.5 Å². The maximum atomic E-state index is 12.0. The van der Waals surface area contributed by atoms with E-state index in [4.69, 9.17) is 9.15 Å². The van der Waals surface area contributed by atoms with Crippen LogP contribution in [0.25, 0.3) is 11.0 Å². The van der Waals surface area contributed by atoms with Crippen molar-refractivity contribution in [1.82, 2.24) is 0 Å². The van der Waals surface area contributed by atoms with Gasteiger partial charge in [0, 0.05) is 26.5 Å². The van der Waals surface area contributed by atoms with Crippen LogP contribution in [0, 0.1) is 10.1 Å². The van der Waals surface area contributed by atoms with Crippen molar-refractivity contribution in [2.45, 2.75) is 0 Å². The average Bonchev–Trinajstić information content (AvgIpc) is 3.06. The molecule has 1 aromatic heterocycles. The van der Waals surface area contributed by atoms with Crippen LogP contribution in [-0.4, -0.2) is 23.4 Å². The Morgan fingerprint density at radius 3 is 2.44 bits per heavy atom. The first-order valence-electron chi connectivity index (χ1n) is 7.44. The molecule has 3 rings (SSSR count). The molecular formula is C17H10Br2N2O6. The minimum atomic E-state index is -0.775. The molecule has 3 aromatic rings. The Morgan fingerprint density at radius 2 is 1.81 bits per heavy atom. The van der Waals surface area contributed by atoms with E-state index in [9.17, 15) is 19.7 Å². The van der Waals surface area contributed by atoms with Gasteiger partial charge in [0.05, 0.1) is 10.6 Å². The quantitative estimate of drug-likeness (QED) is 0.311. The highest BCUT2D eigenvalue weighted by Crippen LogP contribution is 2.35. The number of halogens is 2. The highest BCUT2D eigenvalue weighted by atomic mass is 79.9. The Morgan fingerprint density at radius 1 is 1.15 bits per heavy atom. The number of para-hydroxylation sites is 1. The number of anilines is 1.